The smallest absolute Gasteiger partial charge is 0.410 e. The number of hydrazone groups is 1. The summed E-state index contributed by atoms with van der Waals surface area (Å²) in [4.78, 5) is 16.7. The van der Waals surface area contributed by atoms with Crippen molar-refractivity contribution in [1.29, 1.82) is 0 Å². The fourth-order valence-corrected chi connectivity index (χ4v) is 4.75. The van der Waals surface area contributed by atoms with Gasteiger partial charge in [-0.15, -0.1) is 0 Å². The number of sulfonamides is 1. The van der Waals surface area contributed by atoms with Gasteiger partial charge >= 0.3 is 6.09 Å². The Balaban J connectivity index is 1.89. The van der Waals surface area contributed by atoms with E-state index in [1.165, 1.54) is 7.11 Å². The Labute approximate surface area is 213 Å². The van der Waals surface area contributed by atoms with Crippen molar-refractivity contribution in [2.45, 2.75) is 51.0 Å². The summed E-state index contributed by atoms with van der Waals surface area (Å²) in [6, 6.07) is 11.9. The molecule has 196 valence electrons. The van der Waals surface area contributed by atoms with Crippen LogP contribution in [0.25, 0.3) is 0 Å². The van der Waals surface area contributed by atoms with E-state index in [-0.39, 0.29) is 16.9 Å². The number of amides is 1. The molecule has 0 saturated carbocycles. The SMILES string of the molecule is COc1ccc(C(=NNS(=O)(=O)c2ccc(C)cc2)C2CCN(C(=O)OC(C)(C)C)CC2)cc1OC. The van der Waals surface area contributed by atoms with Crippen molar-refractivity contribution in [2.75, 3.05) is 27.3 Å². The molecule has 0 spiro atoms. The summed E-state index contributed by atoms with van der Waals surface area (Å²) >= 11 is 0. The fourth-order valence-electron chi connectivity index (χ4n) is 3.93. The maximum atomic E-state index is 12.9. The van der Waals surface area contributed by atoms with E-state index in [0.717, 1.165) is 5.56 Å². The molecular weight excluding hydrogens is 482 g/mol. The molecule has 0 unspecified atom stereocenters. The van der Waals surface area contributed by atoms with E-state index in [0.29, 0.717) is 48.7 Å². The zero-order chi connectivity index (χ0) is 26.5. The van der Waals surface area contributed by atoms with Crippen LogP contribution in [0.2, 0.25) is 0 Å². The quantitative estimate of drug-likeness (QED) is 0.433. The van der Waals surface area contributed by atoms with Crippen molar-refractivity contribution in [3.8, 4) is 11.5 Å². The lowest BCUT2D eigenvalue weighted by Crippen LogP contribution is -2.43. The van der Waals surface area contributed by atoms with Crippen LogP contribution in [0.4, 0.5) is 4.79 Å². The number of hydrogen-bond acceptors (Lipinski definition) is 7. The first-order valence-corrected chi connectivity index (χ1v) is 13.3. The second-order valence-electron chi connectivity index (χ2n) is 9.72. The summed E-state index contributed by atoms with van der Waals surface area (Å²) in [5.74, 6) is 0.971. The molecule has 2 aromatic rings. The predicted molar refractivity (Wildman–Crippen MR) is 138 cm³/mol. The van der Waals surface area contributed by atoms with Gasteiger partial charge in [-0.1, -0.05) is 17.7 Å². The van der Waals surface area contributed by atoms with Crippen LogP contribution in [0.5, 0.6) is 11.5 Å². The van der Waals surface area contributed by atoms with E-state index in [2.05, 4.69) is 9.93 Å². The molecule has 0 bridgehead atoms. The number of methoxy groups -OCH3 is 2. The Morgan fingerprint density at radius 2 is 1.61 bits per heavy atom. The summed E-state index contributed by atoms with van der Waals surface area (Å²) in [5, 5.41) is 4.40. The number of nitrogens with zero attached hydrogens (tertiary/aromatic N) is 2. The highest BCUT2D eigenvalue weighted by atomic mass is 32.2. The molecule has 36 heavy (non-hydrogen) atoms. The van der Waals surface area contributed by atoms with E-state index in [1.807, 2.05) is 33.8 Å². The fraction of sp³-hybridized carbons (Fsp3) is 0.462. The van der Waals surface area contributed by atoms with Gasteiger partial charge in [0.15, 0.2) is 11.5 Å². The first-order chi connectivity index (χ1) is 16.9. The number of likely N-dealkylation sites (tertiary alicyclic amines) is 1. The molecular formula is C26H35N3O6S. The molecule has 1 aliphatic heterocycles. The van der Waals surface area contributed by atoms with E-state index in [9.17, 15) is 13.2 Å². The van der Waals surface area contributed by atoms with Crippen LogP contribution in [0.15, 0.2) is 52.5 Å². The van der Waals surface area contributed by atoms with Crippen LogP contribution < -0.4 is 14.3 Å². The number of benzene rings is 2. The highest BCUT2D eigenvalue weighted by molar-refractivity contribution is 7.89. The van der Waals surface area contributed by atoms with Gasteiger partial charge in [-0.25, -0.2) is 4.79 Å². The number of carbonyl (C=O) groups excluding carboxylic acids is 1. The third-order valence-electron chi connectivity index (χ3n) is 5.83. The van der Waals surface area contributed by atoms with Gasteiger partial charge in [-0.05, 0) is 70.9 Å². The van der Waals surface area contributed by atoms with Gasteiger partial charge in [0.05, 0.1) is 24.8 Å². The van der Waals surface area contributed by atoms with Crippen molar-refractivity contribution in [3.05, 3.63) is 53.6 Å². The normalized spacial score (nSPS) is 15.4. The number of hydrogen-bond donors (Lipinski definition) is 1. The maximum absolute atomic E-state index is 12.9. The number of aryl methyl sites for hydroxylation is 1. The minimum atomic E-state index is -3.87. The van der Waals surface area contributed by atoms with Crippen molar-refractivity contribution in [1.82, 2.24) is 9.73 Å². The van der Waals surface area contributed by atoms with Crippen molar-refractivity contribution in [3.63, 3.8) is 0 Å². The van der Waals surface area contributed by atoms with Crippen LogP contribution in [0.3, 0.4) is 0 Å². The molecule has 0 radical (unpaired) electrons. The van der Waals surface area contributed by atoms with Crippen LogP contribution in [0.1, 0.15) is 44.7 Å². The molecule has 1 aliphatic rings. The summed E-state index contributed by atoms with van der Waals surface area (Å²) in [6.45, 7) is 8.33. The second-order valence-corrected chi connectivity index (χ2v) is 11.4. The van der Waals surface area contributed by atoms with Gasteiger partial charge in [0, 0.05) is 24.6 Å². The van der Waals surface area contributed by atoms with Crippen molar-refractivity contribution < 1.29 is 27.4 Å². The van der Waals surface area contributed by atoms with Gasteiger partial charge in [-0.2, -0.15) is 18.4 Å². The lowest BCUT2D eigenvalue weighted by atomic mass is 9.88. The molecule has 2 aromatic carbocycles. The standard InChI is InChI=1S/C26H35N3O6S/c1-18-7-10-21(11-8-18)36(31,32)28-27-24(20-9-12-22(33-5)23(17-20)34-6)19-13-15-29(16-14-19)25(30)35-26(2,3)4/h7-12,17,19,28H,13-16H2,1-6H3. The van der Waals surface area contributed by atoms with Crippen LogP contribution >= 0.6 is 0 Å². The average molecular weight is 518 g/mol. The Hall–Kier alpha value is -3.27. The topological polar surface area (TPSA) is 107 Å². The van der Waals surface area contributed by atoms with Gasteiger partial charge in [-0.3, -0.25) is 0 Å². The molecule has 0 atom stereocenters. The Morgan fingerprint density at radius 3 is 2.17 bits per heavy atom. The van der Waals surface area contributed by atoms with Gasteiger partial charge in [0.1, 0.15) is 5.60 Å². The molecule has 1 heterocycles. The second kappa shape index (κ2) is 11.2. The van der Waals surface area contributed by atoms with E-state index in [4.69, 9.17) is 14.2 Å². The Bertz CT molecular complexity index is 1200. The van der Waals surface area contributed by atoms with E-state index in [1.54, 1.807) is 48.4 Å². The average Bonchev–Trinajstić information content (AvgIpc) is 2.83. The number of ether oxygens (including phenoxy) is 3. The first-order valence-electron chi connectivity index (χ1n) is 11.8. The van der Waals surface area contributed by atoms with Gasteiger partial charge in [0.2, 0.25) is 0 Å². The molecule has 0 aromatic heterocycles. The summed E-state index contributed by atoms with van der Waals surface area (Å²) in [6.07, 6.45) is 0.836. The molecule has 1 fully saturated rings. The highest BCUT2D eigenvalue weighted by Gasteiger charge is 2.30. The zero-order valence-electron chi connectivity index (χ0n) is 21.7. The number of piperidine rings is 1. The predicted octanol–water partition coefficient (Wildman–Crippen LogP) is 4.34. The molecule has 1 amide bonds. The Kier molecular flexibility index (Phi) is 8.50. The molecule has 1 N–H and O–H groups in total. The zero-order valence-corrected chi connectivity index (χ0v) is 22.5. The molecule has 10 heteroatoms. The first kappa shape index (κ1) is 27.3. The van der Waals surface area contributed by atoms with Crippen molar-refractivity contribution >= 4 is 21.8 Å². The van der Waals surface area contributed by atoms with E-state index >= 15 is 0 Å². The van der Waals surface area contributed by atoms with Crippen LogP contribution in [0, 0.1) is 12.8 Å². The Morgan fingerprint density at radius 1 is 1.00 bits per heavy atom. The maximum Gasteiger partial charge on any atom is 0.410 e. The van der Waals surface area contributed by atoms with Gasteiger partial charge in [0.25, 0.3) is 10.0 Å². The third kappa shape index (κ3) is 6.90. The molecule has 9 nitrogen and oxygen atoms in total. The molecule has 1 saturated heterocycles. The summed E-state index contributed by atoms with van der Waals surface area (Å²) in [7, 11) is -0.780. The minimum Gasteiger partial charge on any atom is -0.493 e. The van der Waals surface area contributed by atoms with Gasteiger partial charge < -0.3 is 19.1 Å². The lowest BCUT2D eigenvalue weighted by molar-refractivity contribution is 0.0202. The highest BCUT2D eigenvalue weighted by Crippen LogP contribution is 2.31. The van der Waals surface area contributed by atoms with Crippen LogP contribution in [-0.2, 0) is 14.8 Å². The summed E-state index contributed by atoms with van der Waals surface area (Å²) < 4.78 is 42.1. The third-order valence-corrected chi connectivity index (χ3v) is 7.05. The number of nitrogens with one attached hydrogen (secondary N) is 1. The minimum absolute atomic E-state index is 0.0949. The number of carbonyl (C=O) groups is 1. The lowest BCUT2D eigenvalue weighted by Gasteiger charge is -2.34. The number of rotatable bonds is 7. The molecule has 3 rings (SSSR count). The van der Waals surface area contributed by atoms with E-state index < -0.39 is 15.6 Å². The largest absolute Gasteiger partial charge is 0.493 e. The van der Waals surface area contributed by atoms with Crippen molar-refractivity contribution in [2.24, 2.45) is 11.0 Å². The summed E-state index contributed by atoms with van der Waals surface area (Å²) in [5.41, 5.74) is 1.65. The monoisotopic (exact) mass is 517 g/mol. The molecule has 0 aliphatic carbocycles. The van der Waals surface area contributed by atoms with Crippen LogP contribution in [-0.4, -0.2) is 58.0 Å².